The van der Waals surface area contributed by atoms with Gasteiger partial charge < -0.3 is 15.4 Å². The molecule has 27 heavy (non-hydrogen) atoms. The van der Waals surface area contributed by atoms with Gasteiger partial charge in [0.25, 0.3) is 0 Å². The number of hydrazine groups is 1. The van der Waals surface area contributed by atoms with Gasteiger partial charge in [-0.1, -0.05) is 0 Å². The first-order chi connectivity index (χ1) is 13.2. The number of nitrogens with zero attached hydrogens (tertiary/aromatic N) is 1. The van der Waals surface area contributed by atoms with E-state index >= 15 is 0 Å². The fourth-order valence-corrected chi connectivity index (χ4v) is 5.00. The maximum Gasteiger partial charge on any atom is 0.310 e. The SMILES string of the molecule is COC(=O)C1CCC(C2CC2)CC1NC(=O)C1CCC(N2CCNC2)NN1. The van der Waals surface area contributed by atoms with Crippen LogP contribution in [0.15, 0.2) is 0 Å². The molecule has 4 fully saturated rings. The first kappa shape index (κ1) is 19.1. The molecule has 0 aromatic rings. The molecule has 1 amide bonds. The van der Waals surface area contributed by atoms with Gasteiger partial charge in [0.15, 0.2) is 0 Å². The smallest absolute Gasteiger partial charge is 0.310 e. The van der Waals surface area contributed by atoms with Crippen LogP contribution in [0.4, 0.5) is 0 Å². The molecule has 8 nitrogen and oxygen atoms in total. The molecule has 4 N–H and O–H groups in total. The first-order valence-electron chi connectivity index (χ1n) is 10.5. The normalized spacial score (nSPS) is 37.7. The maximum absolute atomic E-state index is 12.9. The Morgan fingerprint density at radius 3 is 2.48 bits per heavy atom. The highest BCUT2D eigenvalue weighted by molar-refractivity contribution is 5.83. The fraction of sp³-hybridized carbons (Fsp3) is 0.895. The predicted octanol–water partition coefficient (Wildman–Crippen LogP) is -0.0841. The largest absolute Gasteiger partial charge is 0.469 e. The van der Waals surface area contributed by atoms with Gasteiger partial charge in [-0.2, -0.15) is 0 Å². The van der Waals surface area contributed by atoms with Gasteiger partial charge in [-0.25, -0.2) is 10.9 Å². The molecule has 0 aromatic carbocycles. The Hall–Kier alpha value is -1.22. The van der Waals surface area contributed by atoms with E-state index in [1.54, 1.807) is 0 Å². The number of nitrogens with one attached hydrogen (secondary N) is 4. The summed E-state index contributed by atoms with van der Waals surface area (Å²) in [5, 5.41) is 6.51. The minimum absolute atomic E-state index is 0.00385. The lowest BCUT2D eigenvalue weighted by Gasteiger charge is -2.38. The zero-order valence-electron chi connectivity index (χ0n) is 16.2. The zero-order valence-corrected chi connectivity index (χ0v) is 16.2. The van der Waals surface area contributed by atoms with Crippen LogP contribution in [-0.4, -0.2) is 61.9 Å². The number of ether oxygens (including phenoxy) is 1. The topological polar surface area (TPSA) is 94.7 Å². The van der Waals surface area contributed by atoms with Crippen LogP contribution in [0.5, 0.6) is 0 Å². The van der Waals surface area contributed by atoms with Crippen molar-refractivity contribution < 1.29 is 14.3 Å². The van der Waals surface area contributed by atoms with Crippen LogP contribution < -0.4 is 21.5 Å². The van der Waals surface area contributed by atoms with Gasteiger partial charge in [-0.3, -0.25) is 14.5 Å². The summed E-state index contributed by atoms with van der Waals surface area (Å²) in [6.45, 7) is 2.93. The van der Waals surface area contributed by atoms with Crippen LogP contribution >= 0.6 is 0 Å². The second kappa shape index (κ2) is 8.43. The van der Waals surface area contributed by atoms with Gasteiger partial charge in [-0.15, -0.1) is 0 Å². The third-order valence-electron chi connectivity index (χ3n) is 6.81. The molecule has 0 spiro atoms. The minimum Gasteiger partial charge on any atom is -0.469 e. The molecule has 2 aliphatic heterocycles. The molecule has 0 aromatic heterocycles. The molecule has 4 rings (SSSR count). The van der Waals surface area contributed by atoms with Crippen molar-refractivity contribution in [2.45, 2.75) is 63.2 Å². The fourth-order valence-electron chi connectivity index (χ4n) is 5.00. The number of rotatable bonds is 5. The molecule has 0 radical (unpaired) electrons. The molecular weight excluding hydrogens is 346 g/mol. The monoisotopic (exact) mass is 379 g/mol. The summed E-state index contributed by atoms with van der Waals surface area (Å²) in [7, 11) is 1.44. The van der Waals surface area contributed by atoms with Gasteiger partial charge in [-0.05, 0) is 56.8 Å². The maximum atomic E-state index is 12.9. The molecule has 5 atom stereocenters. The van der Waals surface area contributed by atoms with E-state index in [1.807, 2.05) is 0 Å². The van der Waals surface area contributed by atoms with Gasteiger partial charge in [0.2, 0.25) is 5.91 Å². The number of amides is 1. The van der Waals surface area contributed by atoms with Crippen molar-refractivity contribution in [3.05, 3.63) is 0 Å². The number of methoxy groups -OCH3 is 1. The standard InChI is InChI=1S/C19H33N5O3/c1-27-19(26)14-5-4-13(12-2-3-12)10-16(14)21-18(25)15-6-7-17(23-22-15)24-9-8-20-11-24/h12-17,20,22-23H,2-11H2,1H3,(H,21,25). The third-order valence-corrected chi connectivity index (χ3v) is 6.81. The Kier molecular flexibility index (Phi) is 5.96. The summed E-state index contributed by atoms with van der Waals surface area (Å²) in [6, 6.07) is -0.358. The van der Waals surface area contributed by atoms with E-state index in [-0.39, 0.29) is 36.0 Å². The predicted molar refractivity (Wildman–Crippen MR) is 100 cm³/mol. The molecule has 5 unspecified atom stereocenters. The summed E-state index contributed by atoms with van der Waals surface area (Å²) >= 11 is 0. The summed E-state index contributed by atoms with van der Waals surface area (Å²) in [4.78, 5) is 27.4. The summed E-state index contributed by atoms with van der Waals surface area (Å²) in [5.41, 5.74) is 6.49. The Labute approximate surface area is 161 Å². The van der Waals surface area contributed by atoms with E-state index in [1.165, 1.54) is 20.0 Å². The van der Waals surface area contributed by atoms with Gasteiger partial charge in [0, 0.05) is 25.8 Å². The van der Waals surface area contributed by atoms with Crippen molar-refractivity contribution >= 4 is 11.9 Å². The van der Waals surface area contributed by atoms with E-state index in [0.717, 1.165) is 57.8 Å². The Morgan fingerprint density at radius 1 is 1.04 bits per heavy atom. The number of hydrogen-bond donors (Lipinski definition) is 4. The minimum atomic E-state index is -0.253. The first-order valence-corrected chi connectivity index (χ1v) is 10.5. The average molecular weight is 380 g/mol. The van der Waals surface area contributed by atoms with Crippen LogP contribution in [0, 0.1) is 17.8 Å². The second-order valence-corrected chi connectivity index (χ2v) is 8.56. The van der Waals surface area contributed by atoms with Crippen molar-refractivity contribution in [1.29, 1.82) is 0 Å². The highest BCUT2D eigenvalue weighted by Crippen LogP contribution is 2.45. The van der Waals surface area contributed by atoms with Crippen molar-refractivity contribution in [1.82, 2.24) is 26.4 Å². The summed E-state index contributed by atoms with van der Waals surface area (Å²) in [5.74, 6) is 1.03. The lowest BCUT2D eigenvalue weighted by atomic mass is 9.76. The van der Waals surface area contributed by atoms with Gasteiger partial charge in [0.1, 0.15) is 6.04 Å². The van der Waals surface area contributed by atoms with Crippen LogP contribution in [0.25, 0.3) is 0 Å². The van der Waals surface area contributed by atoms with E-state index in [2.05, 4.69) is 26.4 Å². The third kappa shape index (κ3) is 4.45. The van der Waals surface area contributed by atoms with E-state index in [0.29, 0.717) is 5.92 Å². The molecule has 8 heteroatoms. The lowest BCUT2D eigenvalue weighted by Crippen LogP contribution is -2.62. The Morgan fingerprint density at radius 2 is 1.85 bits per heavy atom. The zero-order chi connectivity index (χ0) is 18.8. The van der Waals surface area contributed by atoms with Crippen LogP contribution in [0.3, 0.4) is 0 Å². The summed E-state index contributed by atoms with van der Waals surface area (Å²) in [6.07, 6.45) is 7.39. The molecule has 2 aliphatic carbocycles. The van der Waals surface area contributed by atoms with Gasteiger partial charge >= 0.3 is 5.97 Å². The average Bonchev–Trinajstić information content (AvgIpc) is 3.41. The molecule has 2 saturated carbocycles. The molecule has 2 saturated heterocycles. The van der Waals surface area contributed by atoms with Gasteiger partial charge in [0.05, 0.1) is 19.2 Å². The van der Waals surface area contributed by atoms with Crippen LogP contribution in [-0.2, 0) is 14.3 Å². The Bertz CT molecular complexity index is 541. The highest BCUT2D eigenvalue weighted by atomic mass is 16.5. The number of carbonyl (C=O) groups excluding carboxylic acids is 2. The number of esters is 1. The van der Waals surface area contributed by atoms with Crippen molar-refractivity contribution in [3.8, 4) is 0 Å². The molecule has 152 valence electrons. The number of hydrogen-bond acceptors (Lipinski definition) is 7. The van der Waals surface area contributed by atoms with Crippen LogP contribution in [0.2, 0.25) is 0 Å². The van der Waals surface area contributed by atoms with Crippen molar-refractivity contribution in [2.75, 3.05) is 26.9 Å². The molecule has 0 bridgehead atoms. The van der Waals surface area contributed by atoms with E-state index < -0.39 is 0 Å². The number of carbonyl (C=O) groups is 2. The quantitative estimate of drug-likeness (QED) is 0.496. The molecule has 2 heterocycles. The van der Waals surface area contributed by atoms with Crippen molar-refractivity contribution in [2.24, 2.45) is 17.8 Å². The molecule has 4 aliphatic rings. The second-order valence-electron chi connectivity index (χ2n) is 8.56. The van der Waals surface area contributed by atoms with Crippen LogP contribution in [0.1, 0.15) is 44.9 Å². The lowest BCUT2D eigenvalue weighted by molar-refractivity contribution is -0.148. The van der Waals surface area contributed by atoms with E-state index in [4.69, 9.17) is 4.74 Å². The Balaban J connectivity index is 1.31. The highest BCUT2D eigenvalue weighted by Gasteiger charge is 2.42. The van der Waals surface area contributed by atoms with Crippen molar-refractivity contribution in [3.63, 3.8) is 0 Å². The van der Waals surface area contributed by atoms with E-state index in [9.17, 15) is 9.59 Å². The molecular formula is C19H33N5O3. The summed E-state index contributed by atoms with van der Waals surface area (Å²) < 4.78 is 5.00.